The normalized spacial score (nSPS) is 14.4. The third-order valence-electron chi connectivity index (χ3n) is 14.4. The average molecular weight is 1050 g/mol. The van der Waals surface area contributed by atoms with Crippen LogP contribution in [0, 0.1) is 0 Å². The van der Waals surface area contributed by atoms with Crippen LogP contribution in [0.1, 0.15) is 133 Å². The first-order valence-electron chi connectivity index (χ1n) is 26.1. The minimum atomic E-state index is -0.306. The summed E-state index contributed by atoms with van der Waals surface area (Å²) in [4.78, 5) is 9.12. The van der Waals surface area contributed by atoms with E-state index in [4.69, 9.17) is 14.3 Å². The van der Waals surface area contributed by atoms with Crippen LogP contribution in [0.3, 0.4) is 0 Å². The Kier molecular flexibility index (Phi) is 16.7. The van der Waals surface area contributed by atoms with Gasteiger partial charge in [0.2, 0.25) is 0 Å². The maximum atomic E-state index is 6.13. The van der Waals surface area contributed by atoms with E-state index in [1.807, 2.05) is 24.5 Å². The summed E-state index contributed by atoms with van der Waals surface area (Å²) in [6.45, 7) is 35.2. The molecule has 0 radical (unpaired) electrons. The summed E-state index contributed by atoms with van der Waals surface area (Å²) in [6, 6.07) is 60.7. The molecule has 1 saturated heterocycles. The molecule has 1 aliphatic heterocycles. The molecule has 3 heterocycles. The van der Waals surface area contributed by atoms with Gasteiger partial charge in [-0.25, -0.2) is 0 Å². The molecule has 9 rings (SSSR count). The molecule has 0 atom stereocenters. The van der Waals surface area contributed by atoms with Gasteiger partial charge < -0.3 is 9.31 Å². The van der Waals surface area contributed by atoms with Crippen molar-refractivity contribution in [2.75, 3.05) is 0 Å². The summed E-state index contributed by atoms with van der Waals surface area (Å²) in [5, 5.41) is 0. The number of aromatic nitrogens is 2. The Morgan fingerprint density at radius 3 is 0.865 bits per heavy atom. The summed E-state index contributed by atoms with van der Waals surface area (Å²) in [7, 11) is -0.303. The third kappa shape index (κ3) is 14.1. The van der Waals surface area contributed by atoms with E-state index in [1.54, 1.807) is 0 Å². The lowest BCUT2D eigenvalue weighted by molar-refractivity contribution is 0.00578. The largest absolute Gasteiger partial charge is 0.494 e. The molecule has 4 nitrogen and oxygen atoms in total. The van der Waals surface area contributed by atoms with Crippen LogP contribution < -0.4 is 5.46 Å². The Labute approximate surface area is 453 Å². The highest BCUT2D eigenvalue weighted by Crippen LogP contribution is 2.37. The van der Waals surface area contributed by atoms with Crippen LogP contribution >= 0.6 is 15.9 Å². The van der Waals surface area contributed by atoms with Crippen molar-refractivity contribution in [3.05, 3.63) is 209 Å². The highest BCUT2D eigenvalue weighted by atomic mass is 79.9. The highest BCUT2D eigenvalue weighted by Gasteiger charge is 2.51. The first kappa shape index (κ1) is 55.8. The summed E-state index contributed by atoms with van der Waals surface area (Å²) < 4.78 is 13.3. The molecule has 0 unspecified atom stereocenters. The highest BCUT2D eigenvalue weighted by molar-refractivity contribution is 9.10. The molecule has 6 heteroatoms. The molecule has 382 valence electrons. The minimum absolute atomic E-state index is 0.163. The molecule has 1 fully saturated rings. The average Bonchev–Trinajstić information content (AvgIpc) is 3.59. The number of pyridine rings is 2. The van der Waals surface area contributed by atoms with Crippen LogP contribution in [0.2, 0.25) is 0 Å². The molecule has 0 N–H and O–H groups in total. The first-order valence-corrected chi connectivity index (χ1v) is 26.9. The SMILES string of the molecule is CC(C)(C)c1ccc(-c2ccc(-c3ccc(-c4ccc(C(C)(C)C)cc4)nc3)cc2)cc1.CC(C)(C)c1ccc(-c2ccc(B3OC(C)(C)C(C)(C)O3)cc2)cc1.CC(C)(C)c1ccc(-c2ccc(Br)cn2)cc1. The fourth-order valence-electron chi connectivity index (χ4n) is 8.56. The smallest absolute Gasteiger partial charge is 0.399 e. The molecule has 0 bridgehead atoms. The van der Waals surface area contributed by atoms with Crippen molar-refractivity contribution in [1.82, 2.24) is 9.97 Å². The van der Waals surface area contributed by atoms with E-state index in [2.05, 4.69) is 289 Å². The van der Waals surface area contributed by atoms with E-state index in [1.165, 1.54) is 50.1 Å². The van der Waals surface area contributed by atoms with Gasteiger partial charge >= 0.3 is 7.12 Å². The molecule has 0 saturated carbocycles. The Hall–Kier alpha value is -5.92. The summed E-state index contributed by atoms with van der Waals surface area (Å²) in [5.41, 5.74) is 18.1. The first-order chi connectivity index (χ1) is 34.6. The van der Waals surface area contributed by atoms with Crippen molar-refractivity contribution >= 4 is 28.5 Å². The molecule has 6 aromatic carbocycles. The second-order valence-electron chi connectivity index (χ2n) is 24.9. The lowest BCUT2D eigenvalue weighted by Crippen LogP contribution is -2.41. The maximum absolute atomic E-state index is 6.13. The molecule has 8 aromatic rings. The summed E-state index contributed by atoms with van der Waals surface area (Å²) >= 11 is 3.39. The van der Waals surface area contributed by atoms with Gasteiger partial charge in [0.1, 0.15) is 0 Å². The van der Waals surface area contributed by atoms with Gasteiger partial charge in [0.15, 0.2) is 0 Å². The van der Waals surface area contributed by atoms with E-state index >= 15 is 0 Å². The van der Waals surface area contributed by atoms with Crippen molar-refractivity contribution in [3.63, 3.8) is 0 Å². The molecule has 1 aliphatic rings. The van der Waals surface area contributed by atoms with Crippen LogP contribution in [0.5, 0.6) is 0 Å². The second-order valence-corrected chi connectivity index (χ2v) is 25.8. The zero-order chi connectivity index (χ0) is 53.9. The van der Waals surface area contributed by atoms with Crippen molar-refractivity contribution < 1.29 is 9.31 Å². The Balaban J connectivity index is 0.000000170. The van der Waals surface area contributed by atoms with Gasteiger partial charge in [-0.05, 0) is 139 Å². The number of halogens is 1. The van der Waals surface area contributed by atoms with Crippen molar-refractivity contribution in [1.29, 1.82) is 0 Å². The molecular weight excluding hydrogens is 967 g/mol. The van der Waals surface area contributed by atoms with Gasteiger partial charge in [-0.15, -0.1) is 0 Å². The summed E-state index contributed by atoms with van der Waals surface area (Å²) in [6.07, 6.45) is 3.80. The molecule has 74 heavy (non-hydrogen) atoms. The number of benzene rings is 6. The Morgan fingerprint density at radius 2 is 0.581 bits per heavy atom. The van der Waals surface area contributed by atoms with Crippen molar-refractivity contribution in [3.8, 4) is 55.9 Å². The molecule has 0 amide bonds. The van der Waals surface area contributed by atoms with E-state index in [0.717, 1.165) is 38.0 Å². The van der Waals surface area contributed by atoms with Gasteiger partial charge in [0.25, 0.3) is 0 Å². The van der Waals surface area contributed by atoms with E-state index < -0.39 is 0 Å². The van der Waals surface area contributed by atoms with E-state index in [-0.39, 0.29) is 40.0 Å². The van der Waals surface area contributed by atoms with Gasteiger partial charge in [-0.1, -0.05) is 235 Å². The van der Waals surface area contributed by atoms with Crippen LogP contribution in [0.4, 0.5) is 0 Å². The third-order valence-corrected chi connectivity index (χ3v) is 14.9. The molecule has 2 aromatic heterocycles. The maximum Gasteiger partial charge on any atom is 0.494 e. The lowest BCUT2D eigenvalue weighted by Gasteiger charge is -2.32. The molecule has 0 aliphatic carbocycles. The van der Waals surface area contributed by atoms with Crippen LogP contribution in [-0.2, 0) is 31.0 Å². The number of rotatable bonds is 6. The van der Waals surface area contributed by atoms with Gasteiger partial charge in [-0.3, -0.25) is 9.97 Å². The fraction of sp³-hybridized carbons (Fsp3) is 0.324. The predicted octanol–water partition coefficient (Wildman–Crippen LogP) is 18.4. The second kappa shape index (κ2) is 22.1. The Morgan fingerprint density at radius 1 is 0.324 bits per heavy atom. The standard InChI is InChI=1S/C31H33N.C22H29BO2.C15H16BrN/c1-30(2,3)27-16-11-23(12-17-27)22-7-9-24(10-8-22)26-15-20-29(32-21-26)25-13-18-28(19-14-25)31(4,5)6;1-20(2,3)18-12-8-16(9-13-18)17-10-14-19(15-11-17)23-24-21(4,5)22(6,7)25-23;1-15(2,3)12-6-4-11(5-7-12)14-9-8-13(16)10-17-14/h7-21H,1-6H3;8-15H,1-7H3;4-10H,1-3H3. The topological polar surface area (TPSA) is 44.2 Å². The molecule has 0 spiro atoms. The summed E-state index contributed by atoms with van der Waals surface area (Å²) in [5.74, 6) is 0. The van der Waals surface area contributed by atoms with Crippen LogP contribution in [0.25, 0.3) is 55.9 Å². The van der Waals surface area contributed by atoms with Gasteiger partial charge in [0.05, 0.1) is 22.6 Å². The predicted molar refractivity (Wildman–Crippen MR) is 320 cm³/mol. The van der Waals surface area contributed by atoms with Crippen LogP contribution in [-0.4, -0.2) is 28.3 Å². The zero-order valence-electron chi connectivity index (χ0n) is 47.0. The Bertz CT molecular complexity index is 2950. The van der Waals surface area contributed by atoms with Crippen molar-refractivity contribution in [2.24, 2.45) is 0 Å². The number of hydrogen-bond donors (Lipinski definition) is 0. The van der Waals surface area contributed by atoms with E-state index in [9.17, 15) is 0 Å². The fourth-order valence-corrected chi connectivity index (χ4v) is 8.79. The number of nitrogens with zero attached hydrogens (tertiary/aromatic N) is 2. The monoisotopic (exact) mass is 1040 g/mol. The minimum Gasteiger partial charge on any atom is -0.399 e. The number of hydrogen-bond acceptors (Lipinski definition) is 4. The molecular formula is C68H78BBrN2O2. The quantitative estimate of drug-likeness (QED) is 0.156. The van der Waals surface area contributed by atoms with Gasteiger partial charge in [-0.2, -0.15) is 0 Å². The van der Waals surface area contributed by atoms with Crippen LogP contribution in [0.15, 0.2) is 187 Å². The van der Waals surface area contributed by atoms with Gasteiger partial charge in [0, 0.05) is 33.6 Å². The lowest BCUT2D eigenvalue weighted by atomic mass is 9.78. The van der Waals surface area contributed by atoms with Crippen molar-refractivity contribution in [2.45, 2.75) is 144 Å². The zero-order valence-corrected chi connectivity index (χ0v) is 48.6. The van der Waals surface area contributed by atoms with E-state index in [0.29, 0.717) is 0 Å².